The van der Waals surface area contributed by atoms with Gasteiger partial charge in [0.1, 0.15) is 5.38 Å². The van der Waals surface area contributed by atoms with Crippen molar-refractivity contribution in [1.82, 2.24) is 0 Å². The normalized spacial score (nSPS) is 18.0. The third-order valence-corrected chi connectivity index (χ3v) is 2.18. The summed E-state index contributed by atoms with van der Waals surface area (Å²) in [6.45, 7) is 1.63. The molecule has 0 radical (unpaired) electrons. The Balaban J connectivity index is 3.77. The largest absolute Gasteiger partial charge is 0.404 e. The summed E-state index contributed by atoms with van der Waals surface area (Å²) >= 11 is 10.4. The molecule has 0 saturated heterocycles. The third-order valence-electron chi connectivity index (χ3n) is 1.23. The Bertz CT molecular complexity index is 113. The standard InChI is InChI=1S/C6H9Cl2F3/c1-4(3-7)2-5(8)6(9,10)11/h4-5H,2-3H2,1H3. The summed E-state index contributed by atoms with van der Waals surface area (Å²) < 4.78 is 35.3. The van der Waals surface area contributed by atoms with Crippen molar-refractivity contribution in [3.63, 3.8) is 0 Å². The minimum atomic E-state index is -4.30. The van der Waals surface area contributed by atoms with Gasteiger partial charge in [-0.1, -0.05) is 6.92 Å². The second kappa shape index (κ2) is 4.41. The van der Waals surface area contributed by atoms with Crippen LogP contribution in [0.5, 0.6) is 0 Å². The molecule has 2 unspecified atom stereocenters. The molecule has 11 heavy (non-hydrogen) atoms. The summed E-state index contributed by atoms with van der Waals surface area (Å²) in [6.07, 6.45) is -4.42. The first kappa shape index (κ1) is 11.4. The number of hydrogen-bond donors (Lipinski definition) is 0. The van der Waals surface area contributed by atoms with Crippen LogP contribution in [0.15, 0.2) is 0 Å². The molecule has 0 heterocycles. The fraction of sp³-hybridized carbons (Fsp3) is 1.00. The average molecular weight is 209 g/mol. The highest BCUT2D eigenvalue weighted by Gasteiger charge is 2.38. The van der Waals surface area contributed by atoms with Gasteiger partial charge in [0, 0.05) is 5.88 Å². The van der Waals surface area contributed by atoms with Crippen LogP contribution in [0.1, 0.15) is 13.3 Å². The van der Waals surface area contributed by atoms with Crippen LogP contribution in [0.4, 0.5) is 13.2 Å². The lowest BCUT2D eigenvalue weighted by molar-refractivity contribution is -0.133. The molecule has 2 atom stereocenters. The molecule has 0 aromatic heterocycles. The molecular formula is C6H9Cl2F3. The van der Waals surface area contributed by atoms with Crippen molar-refractivity contribution in [1.29, 1.82) is 0 Å². The highest BCUT2D eigenvalue weighted by atomic mass is 35.5. The van der Waals surface area contributed by atoms with E-state index in [-0.39, 0.29) is 18.2 Å². The van der Waals surface area contributed by atoms with Gasteiger partial charge < -0.3 is 0 Å². The monoisotopic (exact) mass is 208 g/mol. The molecule has 68 valence electrons. The van der Waals surface area contributed by atoms with Crippen molar-refractivity contribution in [3.05, 3.63) is 0 Å². The summed E-state index contributed by atoms with van der Waals surface area (Å²) in [4.78, 5) is 0. The number of rotatable bonds is 3. The molecule has 0 aromatic carbocycles. The van der Waals surface area contributed by atoms with Gasteiger partial charge in [0.05, 0.1) is 0 Å². The van der Waals surface area contributed by atoms with E-state index < -0.39 is 11.6 Å². The molecule has 0 fully saturated rings. The highest BCUT2D eigenvalue weighted by molar-refractivity contribution is 6.21. The van der Waals surface area contributed by atoms with Crippen LogP contribution in [0.3, 0.4) is 0 Å². The van der Waals surface area contributed by atoms with E-state index in [0.29, 0.717) is 0 Å². The van der Waals surface area contributed by atoms with Crippen molar-refractivity contribution in [2.45, 2.75) is 24.9 Å². The summed E-state index contributed by atoms with van der Waals surface area (Å²) in [5.41, 5.74) is 0. The van der Waals surface area contributed by atoms with Crippen LogP contribution in [0.2, 0.25) is 0 Å². The average Bonchev–Trinajstić information content (AvgIpc) is 1.85. The minimum absolute atomic E-state index is 0.117. The molecule has 0 aliphatic carbocycles. The van der Waals surface area contributed by atoms with E-state index in [0.717, 1.165) is 0 Å². The molecule has 0 aliphatic rings. The van der Waals surface area contributed by atoms with E-state index in [1.807, 2.05) is 0 Å². The van der Waals surface area contributed by atoms with Gasteiger partial charge in [-0.15, -0.1) is 23.2 Å². The van der Waals surface area contributed by atoms with Crippen LogP contribution in [0, 0.1) is 5.92 Å². The van der Waals surface area contributed by atoms with Crippen LogP contribution in [0.25, 0.3) is 0 Å². The quantitative estimate of drug-likeness (QED) is 0.624. The predicted octanol–water partition coefficient (Wildman–Crippen LogP) is 3.42. The lowest BCUT2D eigenvalue weighted by Gasteiger charge is -2.15. The molecule has 0 saturated carbocycles. The first-order chi connectivity index (χ1) is 4.88. The lowest BCUT2D eigenvalue weighted by atomic mass is 10.1. The van der Waals surface area contributed by atoms with Crippen molar-refractivity contribution in [2.75, 3.05) is 5.88 Å². The molecule has 0 aromatic rings. The first-order valence-electron chi connectivity index (χ1n) is 3.14. The van der Waals surface area contributed by atoms with Gasteiger partial charge in [0.2, 0.25) is 0 Å². The lowest BCUT2D eigenvalue weighted by Crippen LogP contribution is -2.25. The van der Waals surface area contributed by atoms with Crippen molar-refractivity contribution in [2.24, 2.45) is 5.92 Å². The molecule has 0 spiro atoms. The maximum Gasteiger partial charge on any atom is 0.404 e. The fourth-order valence-electron chi connectivity index (χ4n) is 0.550. The zero-order chi connectivity index (χ0) is 9.07. The molecule has 0 rings (SSSR count). The smallest absolute Gasteiger partial charge is 0.169 e. The summed E-state index contributed by atoms with van der Waals surface area (Å²) in [5.74, 6) is 0.0139. The molecular weight excluding hydrogens is 200 g/mol. The zero-order valence-corrected chi connectivity index (χ0v) is 7.47. The third kappa shape index (κ3) is 4.75. The zero-order valence-electron chi connectivity index (χ0n) is 5.96. The van der Waals surface area contributed by atoms with E-state index in [1.54, 1.807) is 6.92 Å². The predicted molar refractivity (Wildman–Crippen MR) is 40.2 cm³/mol. The van der Waals surface area contributed by atoms with E-state index in [4.69, 9.17) is 23.2 Å². The maximum atomic E-state index is 11.8. The van der Waals surface area contributed by atoms with E-state index >= 15 is 0 Å². The Morgan fingerprint density at radius 1 is 1.36 bits per heavy atom. The Morgan fingerprint density at radius 2 is 1.82 bits per heavy atom. The van der Waals surface area contributed by atoms with Crippen molar-refractivity contribution < 1.29 is 13.2 Å². The molecule has 0 amide bonds. The molecule has 5 heteroatoms. The SMILES string of the molecule is CC(CCl)CC(Cl)C(F)(F)F. The second-order valence-corrected chi connectivity index (χ2v) is 3.34. The van der Waals surface area contributed by atoms with E-state index in [1.165, 1.54) is 0 Å². The molecule has 0 bridgehead atoms. The second-order valence-electron chi connectivity index (χ2n) is 2.50. The van der Waals surface area contributed by atoms with Gasteiger partial charge in [-0.2, -0.15) is 13.2 Å². The van der Waals surface area contributed by atoms with E-state index in [9.17, 15) is 13.2 Å². The first-order valence-corrected chi connectivity index (χ1v) is 4.11. The van der Waals surface area contributed by atoms with E-state index in [2.05, 4.69) is 0 Å². The van der Waals surface area contributed by atoms with Crippen molar-refractivity contribution in [3.8, 4) is 0 Å². The summed E-state index contributed by atoms with van der Waals surface area (Å²) in [7, 11) is 0. The summed E-state index contributed by atoms with van der Waals surface area (Å²) in [6, 6.07) is 0. The minimum Gasteiger partial charge on any atom is -0.169 e. The Hall–Kier alpha value is 0.370. The van der Waals surface area contributed by atoms with Gasteiger partial charge in [0.25, 0.3) is 0 Å². The number of hydrogen-bond acceptors (Lipinski definition) is 0. The highest BCUT2D eigenvalue weighted by Crippen LogP contribution is 2.29. The molecule has 0 nitrogen and oxygen atoms in total. The van der Waals surface area contributed by atoms with Gasteiger partial charge in [-0.25, -0.2) is 0 Å². The number of halogens is 5. The van der Waals surface area contributed by atoms with Crippen LogP contribution < -0.4 is 0 Å². The van der Waals surface area contributed by atoms with Crippen molar-refractivity contribution >= 4 is 23.2 Å². The van der Waals surface area contributed by atoms with Gasteiger partial charge in [-0.05, 0) is 12.3 Å². The fourth-order valence-corrected chi connectivity index (χ4v) is 0.980. The van der Waals surface area contributed by atoms with Gasteiger partial charge in [-0.3, -0.25) is 0 Å². The van der Waals surface area contributed by atoms with Gasteiger partial charge in [0.15, 0.2) is 0 Å². The van der Waals surface area contributed by atoms with Gasteiger partial charge >= 0.3 is 6.18 Å². The Labute approximate surface area is 73.7 Å². The van der Waals surface area contributed by atoms with Crippen LogP contribution >= 0.6 is 23.2 Å². The molecule has 0 N–H and O–H groups in total. The topological polar surface area (TPSA) is 0 Å². The van der Waals surface area contributed by atoms with Crippen LogP contribution in [-0.4, -0.2) is 17.4 Å². The van der Waals surface area contributed by atoms with Crippen LogP contribution in [-0.2, 0) is 0 Å². The molecule has 0 aliphatic heterocycles. The Morgan fingerprint density at radius 3 is 2.09 bits per heavy atom. The summed E-state index contributed by atoms with van der Waals surface area (Å²) in [5, 5.41) is -1.77. The maximum absolute atomic E-state index is 11.8. The number of alkyl halides is 5. The Kier molecular flexibility index (Phi) is 4.56.